The first kappa shape index (κ1) is 33.2. The van der Waals surface area contributed by atoms with Crippen molar-refractivity contribution in [2.75, 3.05) is 37.7 Å². The Morgan fingerprint density at radius 1 is 1.05 bits per heavy atom. The minimum absolute atomic E-state index is 0.0249. The van der Waals surface area contributed by atoms with Crippen LogP contribution in [0.2, 0.25) is 0 Å². The molecule has 2 aromatic carbocycles. The molecule has 0 radical (unpaired) electrons. The van der Waals surface area contributed by atoms with Crippen LogP contribution in [0.25, 0.3) is 0 Å². The first-order chi connectivity index (χ1) is 20.0. The number of amides is 1. The monoisotopic (exact) mass is 659 g/mol. The highest BCUT2D eigenvalue weighted by Crippen LogP contribution is 2.31. The van der Waals surface area contributed by atoms with Gasteiger partial charge in [-0.3, -0.25) is 4.79 Å². The van der Waals surface area contributed by atoms with Crippen molar-refractivity contribution in [1.82, 2.24) is 13.9 Å². The fourth-order valence-corrected chi connectivity index (χ4v) is 8.72. The number of carbonyl (C=O) groups excluding carboxylic acids is 1. The molecule has 0 aromatic heterocycles. The van der Waals surface area contributed by atoms with E-state index in [9.17, 15) is 38.8 Å². The molecule has 2 aliphatic heterocycles. The summed E-state index contributed by atoms with van der Waals surface area (Å²) < 4.78 is 106. The first-order valence-electron chi connectivity index (χ1n) is 13.7. The molecule has 43 heavy (non-hydrogen) atoms. The first-order valence-corrected chi connectivity index (χ1v) is 18.5. The summed E-state index contributed by atoms with van der Waals surface area (Å²) >= 11 is 0. The molecule has 0 aliphatic carbocycles. The van der Waals surface area contributed by atoms with Gasteiger partial charge < -0.3 is 4.90 Å². The Labute approximate surface area is 251 Å². The van der Waals surface area contributed by atoms with Gasteiger partial charge in [-0.1, -0.05) is 43.0 Å². The smallest absolute Gasteiger partial charge is 0.270 e. The minimum atomic E-state index is -4.00. The maximum atomic E-state index is 13.7. The number of halogens is 2. The predicted molar refractivity (Wildman–Crippen MR) is 158 cm³/mol. The summed E-state index contributed by atoms with van der Waals surface area (Å²) in [4.78, 5) is 15.1. The van der Waals surface area contributed by atoms with Gasteiger partial charge in [-0.2, -0.15) is 4.31 Å². The number of nitrogens with zero attached hydrogens (tertiary/aromatic N) is 2. The third-order valence-corrected chi connectivity index (χ3v) is 12.4. The van der Waals surface area contributed by atoms with Crippen LogP contribution in [-0.4, -0.2) is 84.1 Å². The standard InChI is InChI=1S/C28H35F2N3O7S3/c1-3-42(37,38)31-20-24-5-4-14-33(24)43(39,40)25-12-8-22(9-13-25)26(27(34)32-15-17-41(35,36)18-16-32)19-21-6-10-23(11-7-21)28(2,29)30/h3,6-13,24,26,31H,1,4-5,14-20H2,2H3/t24-,26?/m1/s1. The summed E-state index contributed by atoms with van der Waals surface area (Å²) in [5.41, 5.74) is 0.918. The van der Waals surface area contributed by atoms with Crippen LogP contribution in [0.3, 0.4) is 0 Å². The molecule has 15 heteroatoms. The topological polar surface area (TPSA) is 138 Å². The van der Waals surface area contributed by atoms with E-state index in [-0.39, 0.29) is 60.5 Å². The predicted octanol–water partition coefficient (Wildman–Crippen LogP) is 2.60. The summed E-state index contributed by atoms with van der Waals surface area (Å²) in [5.74, 6) is -4.52. The van der Waals surface area contributed by atoms with Crippen molar-refractivity contribution in [3.8, 4) is 0 Å². The van der Waals surface area contributed by atoms with Gasteiger partial charge in [0.1, 0.15) is 0 Å². The number of hydrogen-bond acceptors (Lipinski definition) is 7. The highest BCUT2D eigenvalue weighted by atomic mass is 32.2. The molecule has 10 nitrogen and oxygen atoms in total. The van der Waals surface area contributed by atoms with Gasteiger partial charge in [0, 0.05) is 50.1 Å². The fourth-order valence-electron chi connectivity index (χ4n) is 5.28. The van der Waals surface area contributed by atoms with E-state index in [1.165, 1.54) is 57.7 Å². The average Bonchev–Trinajstić information content (AvgIpc) is 3.44. The molecule has 4 rings (SSSR count). The van der Waals surface area contributed by atoms with E-state index < -0.39 is 47.8 Å². The molecule has 2 saturated heterocycles. The van der Waals surface area contributed by atoms with Crippen LogP contribution in [-0.2, 0) is 47.0 Å². The van der Waals surface area contributed by atoms with Crippen LogP contribution >= 0.6 is 0 Å². The van der Waals surface area contributed by atoms with Crippen molar-refractivity contribution in [3.05, 3.63) is 77.2 Å². The molecule has 2 aliphatic rings. The van der Waals surface area contributed by atoms with Crippen LogP contribution in [0.15, 0.2) is 65.4 Å². The van der Waals surface area contributed by atoms with Gasteiger partial charge in [-0.25, -0.2) is 38.8 Å². The number of benzene rings is 2. The van der Waals surface area contributed by atoms with Gasteiger partial charge in [0.15, 0.2) is 9.84 Å². The lowest BCUT2D eigenvalue weighted by molar-refractivity contribution is -0.132. The normalized spacial score (nSPS) is 20.5. The average molecular weight is 660 g/mol. The molecule has 0 spiro atoms. The largest absolute Gasteiger partial charge is 0.340 e. The maximum Gasteiger partial charge on any atom is 0.270 e. The molecule has 2 fully saturated rings. The van der Waals surface area contributed by atoms with Crippen molar-refractivity contribution in [1.29, 1.82) is 0 Å². The van der Waals surface area contributed by atoms with Crippen molar-refractivity contribution in [2.24, 2.45) is 0 Å². The quantitative estimate of drug-likeness (QED) is 0.392. The lowest BCUT2D eigenvalue weighted by Gasteiger charge is -2.31. The Morgan fingerprint density at radius 2 is 1.65 bits per heavy atom. The maximum absolute atomic E-state index is 13.7. The van der Waals surface area contributed by atoms with E-state index in [2.05, 4.69) is 11.3 Å². The van der Waals surface area contributed by atoms with Crippen LogP contribution in [0.4, 0.5) is 8.78 Å². The van der Waals surface area contributed by atoms with E-state index in [0.29, 0.717) is 24.0 Å². The van der Waals surface area contributed by atoms with Crippen molar-refractivity contribution in [3.63, 3.8) is 0 Å². The second kappa shape index (κ2) is 12.7. The summed E-state index contributed by atoms with van der Waals surface area (Å²) in [6.07, 6.45) is 1.16. The molecule has 2 aromatic rings. The van der Waals surface area contributed by atoms with Crippen LogP contribution in [0, 0.1) is 0 Å². The zero-order chi connectivity index (χ0) is 31.6. The zero-order valence-corrected chi connectivity index (χ0v) is 26.1. The van der Waals surface area contributed by atoms with Gasteiger partial charge in [0.05, 0.1) is 22.3 Å². The highest BCUT2D eigenvalue weighted by Gasteiger charge is 2.36. The molecule has 1 N–H and O–H groups in total. The van der Waals surface area contributed by atoms with Gasteiger partial charge in [0.2, 0.25) is 26.0 Å². The number of sulfonamides is 2. The Hall–Kier alpha value is -2.72. The van der Waals surface area contributed by atoms with E-state index in [0.717, 1.165) is 12.3 Å². The van der Waals surface area contributed by atoms with E-state index in [1.54, 1.807) is 0 Å². The molecule has 0 saturated carbocycles. The molecule has 1 unspecified atom stereocenters. The lowest BCUT2D eigenvalue weighted by atomic mass is 9.90. The molecule has 0 bridgehead atoms. The van der Waals surface area contributed by atoms with Crippen LogP contribution in [0.1, 0.15) is 42.4 Å². The van der Waals surface area contributed by atoms with Gasteiger partial charge >= 0.3 is 0 Å². The Bertz CT molecular complexity index is 1640. The molecule has 236 valence electrons. The van der Waals surface area contributed by atoms with Crippen molar-refractivity contribution >= 4 is 35.8 Å². The number of alkyl halides is 2. The molecule has 2 atom stereocenters. The molecular weight excluding hydrogens is 625 g/mol. The zero-order valence-electron chi connectivity index (χ0n) is 23.7. The summed E-state index contributed by atoms with van der Waals surface area (Å²) in [6, 6.07) is 10.9. The Morgan fingerprint density at radius 3 is 2.21 bits per heavy atom. The number of nitrogens with one attached hydrogen (secondary N) is 1. The second-order valence-corrected chi connectivity index (χ2v) is 16.8. The van der Waals surface area contributed by atoms with E-state index >= 15 is 0 Å². The van der Waals surface area contributed by atoms with Gasteiger partial charge in [-0.15, -0.1) is 0 Å². The second-order valence-electron chi connectivity index (χ2n) is 10.9. The third kappa shape index (κ3) is 8.06. The van der Waals surface area contributed by atoms with Gasteiger partial charge in [-0.05, 0) is 42.5 Å². The SMILES string of the molecule is C=CS(=O)(=O)NC[C@H]1CCCN1S(=O)(=O)c1ccc(C(Cc2ccc(C(C)(F)F)cc2)C(=O)N2CCS(=O)(=O)CC2)cc1. The molecule has 2 heterocycles. The highest BCUT2D eigenvalue weighted by molar-refractivity contribution is 7.92. The summed E-state index contributed by atoms with van der Waals surface area (Å²) in [7, 11) is -11.0. The van der Waals surface area contributed by atoms with E-state index in [1.807, 2.05) is 0 Å². The number of rotatable bonds is 11. The Balaban J connectivity index is 1.59. The number of hydrogen-bond donors (Lipinski definition) is 1. The molecule has 1 amide bonds. The van der Waals surface area contributed by atoms with E-state index in [4.69, 9.17) is 0 Å². The van der Waals surface area contributed by atoms with Crippen LogP contribution in [0.5, 0.6) is 0 Å². The fraction of sp³-hybridized carbons (Fsp3) is 0.464. The van der Waals surface area contributed by atoms with Crippen LogP contribution < -0.4 is 4.72 Å². The molecular formula is C28H35F2N3O7S3. The Kier molecular flexibility index (Phi) is 9.81. The number of carbonyl (C=O) groups is 1. The number of sulfone groups is 1. The summed E-state index contributed by atoms with van der Waals surface area (Å²) in [6.45, 7) is 4.20. The van der Waals surface area contributed by atoms with Gasteiger partial charge in [0.25, 0.3) is 5.92 Å². The third-order valence-electron chi connectivity index (χ3n) is 7.81. The lowest BCUT2D eigenvalue weighted by Crippen LogP contribution is -2.46. The van der Waals surface area contributed by atoms with Crippen molar-refractivity contribution in [2.45, 2.75) is 49.0 Å². The summed E-state index contributed by atoms with van der Waals surface area (Å²) in [5, 5.41) is 0.757. The minimum Gasteiger partial charge on any atom is -0.340 e. The van der Waals surface area contributed by atoms with Crippen molar-refractivity contribution < 1.29 is 38.8 Å².